The molecule has 15 aromatic carbocycles. The van der Waals surface area contributed by atoms with Crippen LogP contribution in [0.3, 0.4) is 0 Å². The van der Waals surface area contributed by atoms with E-state index in [0.717, 1.165) is 11.4 Å². The van der Waals surface area contributed by atoms with Crippen LogP contribution in [0.4, 0.5) is 0 Å². The summed E-state index contributed by atoms with van der Waals surface area (Å²) in [5.74, 6) is 0. The van der Waals surface area contributed by atoms with Gasteiger partial charge in [-0.3, -0.25) is 0 Å². The van der Waals surface area contributed by atoms with Gasteiger partial charge < -0.3 is 18.1 Å². The summed E-state index contributed by atoms with van der Waals surface area (Å²) in [7, 11) is 0. The van der Waals surface area contributed by atoms with Crippen LogP contribution in [0.25, 0.3) is 187 Å². The minimum atomic E-state index is 1.13. The zero-order valence-electron chi connectivity index (χ0n) is 51.1. The van der Waals surface area contributed by atoms with E-state index in [1.54, 1.807) is 0 Å². The molecule has 0 radical (unpaired) electrons. The number of hydrogen-bond donors (Lipinski definition) is 0. The molecule has 0 saturated carbocycles. The van der Waals surface area contributed by atoms with Crippen molar-refractivity contribution in [2.45, 2.75) is 0 Å². The number of fused-ring (bicyclic) bond motifs is 15. The molecule has 0 spiro atoms. The number of para-hydroxylation sites is 6. The number of aromatic nitrogens is 4. The fourth-order valence-corrected chi connectivity index (χ4v) is 15.7. The Morgan fingerprint density at radius 3 is 0.883 bits per heavy atom. The summed E-state index contributed by atoms with van der Waals surface area (Å²) in [4.78, 5) is 0. The van der Waals surface area contributed by atoms with Crippen molar-refractivity contribution in [3.63, 3.8) is 0 Å². The molecule has 0 aliphatic rings. The summed E-state index contributed by atoms with van der Waals surface area (Å²) >= 11 is 0. The Kier molecular flexibility index (Phi) is 11.4. The molecule has 0 N–H and O–H groups in total. The molecule has 20 aromatic rings. The highest BCUT2D eigenvalue weighted by atomic mass is 15.0. The van der Waals surface area contributed by atoms with Gasteiger partial charge in [0.2, 0.25) is 0 Å². The van der Waals surface area contributed by atoms with E-state index in [4.69, 9.17) is 0 Å². The Hall–Kier alpha value is -12.5. The zero-order chi connectivity index (χ0) is 61.5. The largest absolute Gasteiger partial charge is 0.309 e. The maximum absolute atomic E-state index is 2.45. The third kappa shape index (κ3) is 8.00. The van der Waals surface area contributed by atoms with Gasteiger partial charge in [0.05, 0.1) is 49.7 Å². The number of benzene rings is 15. The van der Waals surface area contributed by atoms with Crippen LogP contribution in [0.2, 0.25) is 0 Å². The van der Waals surface area contributed by atoms with Crippen LogP contribution >= 0.6 is 0 Å². The smallest absolute Gasteiger partial charge is 0.0620 e. The molecule has 436 valence electrons. The fraction of sp³-hybridized carbons (Fsp3) is 0. The van der Waals surface area contributed by atoms with Gasteiger partial charge in [-0.05, 0) is 188 Å². The molecule has 5 heterocycles. The lowest BCUT2D eigenvalue weighted by Gasteiger charge is -2.12. The van der Waals surface area contributed by atoms with Crippen molar-refractivity contribution in [3.05, 3.63) is 340 Å². The van der Waals surface area contributed by atoms with E-state index < -0.39 is 0 Å². The molecule has 0 unspecified atom stereocenters. The quantitative estimate of drug-likeness (QED) is 0.137. The van der Waals surface area contributed by atoms with Crippen LogP contribution < -0.4 is 0 Å². The van der Waals surface area contributed by atoms with E-state index >= 15 is 0 Å². The third-order valence-corrected chi connectivity index (χ3v) is 20.1. The molecule has 0 amide bonds. The summed E-state index contributed by atoms with van der Waals surface area (Å²) in [6.07, 6.45) is 0. The van der Waals surface area contributed by atoms with Gasteiger partial charge in [0.15, 0.2) is 0 Å². The predicted molar refractivity (Wildman–Crippen MR) is 397 cm³/mol. The Balaban J connectivity index is 0.578. The predicted octanol–water partition coefficient (Wildman–Crippen LogP) is 24.1. The Bertz CT molecular complexity index is 6450. The van der Waals surface area contributed by atoms with Crippen molar-refractivity contribution in [2.24, 2.45) is 0 Å². The maximum Gasteiger partial charge on any atom is 0.0620 e. The first kappa shape index (κ1) is 52.3. The zero-order valence-corrected chi connectivity index (χ0v) is 51.1. The molecule has 0 bridgehead atoms. The van der Waals surface area contributed by atoms with Crippen LogP contribution in [0.5, 0.6) is 0 Å². The summed E-state index contributed by atoms with van der Waals surface area (Å²) in [6, 6.07) is 126. The molecule has 0 aliphatic carbocycles. The normalized spacial score (nSPS) is 12.0. The van der Waals surface area contributed by atoms with Crippen molar-refractivity contribution >= 4 is 104 Å². The van der Waals surface area contributed by atoms with Gasteiger partial charge in [0.1, 0.15) is 0 Å². The molecule has 0 atom stereocenters. The lowest BCUT2D eigenvalue weighted by Crippen LogP contribution is -1.96. The average Bonchev–Trinajstić information content (AvgIpc) is 1.56. The molecule has 94 heavy (non-hydrogen) atoms. The van der Waals surface area contributed by atoms with Crippen LogP contribution in [0, 0.1) is 0 Å². The van der Waals surface area contributed by atoms with Crippen molar-refractivity contribution in [3.8, 4) is 83.8 Å². The van der Waals surface area contributed by atoms with E-state index in [9.17, 15) is 0 Å². The highest BCUT2D eigenvalue weighted by Crippen LogP contribution is 2.44. The molecule has 0 fully saturated rings. The van der Waals surface area contributed by atoms with Crippen LogP contribution in [0.15, 0.2) is 340 Å². The lowest BCUT2D eigenvalue weighted by atomic mass is 9.94. The highest BCUT2D eigenvalue weighted by Gasteiger charge is 2.21. The Morgan fingerprint density at radius 2 is 0.404 bits per heavy atom. The molecular weight excluding hydrogens is 1140 g/mol. The summed E-state index contributed by atoms with van der Waals surface area (Å²) in [6.45, 7) is 0. The third-order valence-electron chi connectivity index (χ3n) is 20.1. The Labute approximate surface area is 541 Å². The second-order valence-electron chi connectivity index (χ2n) is 25.2. The second-order valence-corrected chi connectivity index (χ2v) is 25.2. The summed E-state index contributed by atoms with van der Waals surface area (Å²) < 4.78 is 9.70. The molecule has 4 heteroatoms. The van der Waals surface area contributed by atoms with Gasteiger partial charge in [0.25, 0.3) is 0 Å². The van der Waals surface area contributed by atoms with Crippen LogP contribution in [-0.4, -0.2) is 18.1 Å². The van der Waals surface area contributed by atoms with Crippen molar-refractivity contribution in [2.75, 3.05) is 0 Å². The minimum absolute atomic E-state index is 1.13. The highest BCUT2D eigenvalue weighted by molar-refractivity contribution is 6.24. The SMILES string of the molecule is c1ccc(-n2c3ccccc3c3cc(-c4ccc5c(c4)c4ccccc4n5-c4ccc5c(c4)c4ccccc4n5-c4ccc(-c5cccc(-c6ccc(-c7cccc(-c8cccc(-c9ccc%10c(c9)c9cccc%11c%12ccccc%12n%10c%119)c8)c7)cc6)c5)cc4)ccc32)cc1. The number of rotatable bonds is 9. The summed E-state index contributed by atoms with van der Waals surface area (Å²) in [5, 5.41) is 12.6. The van der Waals surface area contributed by atoms with Gasteiger partial charge in [-0.25, -0.2) is 0 Å². The first-order chi connectivity index (χ1) is 46.6. The molecular formula is C90H56N4. The minimum Gasteiger partial charge on any atom is -0.309 e. The summed E-state index contributed by atoms with van der Waals surface area (Å²) in [5.41, 5.74) is 28.7. The number of hydrogen-bond acceptors (Lipinski definition) is 0. The van der Waals surface area contributed by atoms with E-state index in [1.807, 2.05) is 0 Å². The maximum atomic E-state index is 2.45. The van der Waals surface area contributed by atoms with Crippen molar-refractivity contribution < 1.29 is 0 Å². The molecule has 0 aliphatic heterocycles. The second kappa shape index (κ2) is 20.5. The molecule has 20 rings (SSSR count). The van der Waals surface area contributed by atoms with Gasteiger partial charge in [-0.15, -0.1) is 0 Å². The van der Waals surface area contributed by atoms with E-state index in [1.165, 1.54) is 176 Å². The Morgan fingerprint density at radius 1 is 0.138 bits per heavy atom. The van der Waals surface area contributed by atoms with Gasteiger partial charge in [0, 0.05) is 70.9 Å². The molecule has 4 nitrogen and oxygen atoms in total. The topological polar surface area (TPSA) is 19.2 Å². The monoisotopic (exact) mass is 1190 g/mol. The van der Waals surface area contributed by atoms with Crippen LogP contribution in [-0.2, 0) is 0 Å². The van der Waals surface area contributed by atoms with E-state index in [2.05, 4.69) is 358 Å². The van der Waals surface area contributed by atoms with Crippen LogP contribution in [0.1, 0.15) is 0 Å². The van der Waals surface area contributed by atoms with Crippen molar-refractivity contribution in [1.82, 2.24) is 18.1 Å². The first-order valence-corrected chi connectivity index (χ1v) is 32.5. The van der Waals surface area contributed by atoms with E-state index in [-0.39, 0.29) is 0 Å². The van der Waals surface area contributed by atoms with E-state index in [0.29, 0.717) is 0 Å². The average molecular weight is 1190 g/mol. The van der Waals surface area contributed by atoms with Gasteiger partial charge in [-0.1, -0.05) is 218 Å². The lowest BCUT2D eigenvalue weighted by molar-refractivity contribution is 1.17. The fourth-order valence-electron chi connectivity index (χ4n) is 15.7. The molecule has 5 aromatic heterocycles. The number of nitrogens with zero attached hydrogens (tertiary/aromatic N) is 4. The first-order valence-electron chi connectivity index (χ1n) is 32.5. The van der Waals surface area contributed by atoms with Crippen molar-refractivity contribution in [1.29, 1.82) is 0 Å². The molecule has 0 saturated heterocycles. The van der Waals surface area contributed by atoms with Gasteiger partial charge >= 0.3 is 0 Å². The van der Waals surface area contributed by atoms with Gasteiger partial charge in [-0.2, -0.15) is 0 Å². The standard InChI is InChI=1S/C90H56N4/c1-2-22-69(23-3-1)91-82-30-8-5-25-73(82)78-53-67(40-46-86(78)91)68-41-47-87-79(54-68)74-26-6-10-32-84(74)93(87)71-45-49-88-81(56-71)75-27-7-9-31-83(75)92(88)70-43-38-59(39-44-70)61-17-12-16-60(50-61)57-34-36-58(37-35-57)62-18-13-19-63(51-62)64-20-14-21-65(52-64)66-42-48-89-80(55-66)77-29-15-28-76-72-24-4-11-33-85(72)94(89)90(76)77/h1-56H.